The Hall–Kier alpha value is -1.17. The zero-order chi connectivity index (χ0) is 7.14. The number of H-pyrrole nitrogens is 1. The summed E-state index contributed by atoms with van der Waals surface area (Å²) in [7, 11) is 0. The Labute approximate surface area is 61.5 Å². The highest BCUT2D eigenvalue weighted by atomic mass is 32.1. The summed E-state index contributed by atoms with van der Waals surface area (Å²) in [6.07, 6.45) is 0.590. The van der Waals surface area contributed by atoms with Crippen molar-refractivity contribution in [2.24, 2.45) is 10.8 Å². The number of nitrogens with two attached hydrogens (primary N) is 1. The minimum atomic E-state index is 0.496. The molecule has 1 aromatic rings. The Kier molecular flexibility index (Phi) is 0.930. The number of nitrogens with one attached hydrogen (secondary N) is 1. The summed E-state index contributed by atoms with van der Waals surface area (Å²) >= 11 is 4.85. The van der Waals surface area contributed by atoms with E-state index in [4.69, 9.17) is 18.0 Å². The summed E-state index contributed by atoms with van der Waals surface area (Å²) in [5, 5.41) is 10.4. The molecule has 1 aliphatic heterocycles. The molecule has 0 saturated heterocycles. The molecule has 5 nitrogen and oxygen atoms in total. The second-order valence-corrected chi connectivity index (χ2v) is 2.41. The normalized spacial score (nSPS) is 15.0. The first-order valence-corrected chi connectivity index (χ1v) is 3.18. The maximum absolute atomic E-state index is 5.43. The van der Waals surface area contributed by atoms with E-state index in [1.54, 1.807) is 0 Å². The molecule has 0 radical (unpaired) electrons. The van der Waals surface area contributed by atoms with Gasteiger partial charge in [-0.1, -0.05) is 0 Å². The van der Waals surface area contributed by atoms with Gasteiger partial charge in [-0.05, 0) is 12.2 Å². The van der Waals surface area contributed by atoms with E-state index < -0.39 is 0 Å². The minimum absolute atomic E-state index is 0.496. The second-order valence-electron chi connectivity index (χ2n) is 2.02. The number of aromatic nitrogens is 3. The molecule has 2 rings (SSSR count). The van der Waals surface area contributed by atoms with Crippen molar-refractivity contribution in [2.45, 2.75) is 6.42 Å². The highest BCUT2D eigenvalue weighted by Gasteiger charge is 2.13. The van der Waals surface area contributed by atoms with Crippen LogP contribution in [0.1, 0.15) is 5.82 Å². The number of nitrogens with zero attached hydrogens (tertiary/aromatic N) is 3. The molecule has 0 aliphatic carbocycles. The third-order valence-electron chi connectivity index (χ3n) is 1.29. The molecule has 0 bridgehead atoms. The highest BCUT2D eigenvalue weighted by Crippen LogP contribution is 2.04. The van der Waals surface area contributed by atoms with Crippen LogP contribution in [0.3, 0.4) is 0 Å². The first kappa shape index (κ1) is 5.60. The van der Waals surface area contributed by atoms with Crippen LogP contribution in [0.2, 0.25) is 0 Å². The van der Waals surface area contributed by atoms with Crippen LogP contribution >= 0.6 is 12.2 Å². The van der Waals surface area contributed by atoms with Gasteiger partial charge >= 0.3 is 0 Å². The van der Waals surface area contributed by atoms with E-state index in [2.05, 4.69) is 15.3 Å². The van der Waals surface area contributed by atoms with E-state index in [0.717, 1.165) is 5.82 Å². The summed E-state index contributed by atoms with van der Waals surface area (Å²) in [6.45, 7) is 0. The van der Waals surface area contributed by atoms with Crippen LogP contribution in [-0.4, -0.2) is 20.7 Å². The molecule has 2 heterocycles. The first-order valence-electron chi connectivity index (χ1n) is 2.77. The van der Waals surface area contributed by atoms with Crippen LogP contribution in [-0.2, 0) is 6.42 Å². The summed E-state index contributed by atoms with van der Waals surface area (Å²) in [5.74, 6) is 1.34. The summed E-state index contributed by atoms with van der Waals surface area (Å²) in [4.78, 5) is 0. The van der Waals surface area contributed by atoms with E-state index >= 15 is 0 Å². The molecular formula is C4H5N5S. The summed E-state index contributed by atoms with van der Waals surface area (Å²) in [6, 6.07) is 0. The molecule has 0 unspecified atom stereocenters. The lowest BCUT2D eigenvalue weighted by Crippen LogP contribution is -2.10. The van der Waals surface area contributed by atoms with Crippen molar-refractivity contribution in [3.63, 3.8) is 0 Å². The van der Waals surface area contributed by atoms with Crippen molar-refractivity contribution in [2.75, 3.05) is 0 Å². The lowest BCUT2D eigenvalue weighted by atomic mass is 10.4. The summed E-state index contributed by atoms with van der Waals surface area (Å²) < 4.78 is 2.03. The van der Waals surface area contributed by atoms with Gasteiger partial charge < -0.3 is 5.73 Å². The van der Waals surface area contributed by atoms with Crippen LogP contribution in [0.25, 0.3) is 0 Å². The maximum atomic E-state index is 5.43. The van der Waals surface area contributed by atoms with E-state index in [1.165, 1.54) is 4.68 Å². The lowest BCUT2D eigenvalue weighted by Gasteiger charge is -1.82. The monoisotopic (exact) mass is 155 g/mol. The molecule has 0 atom stereocenters. The second kappa shape index (κ2) is 1.66. The Bertz CT molecular complexity index is 345. The number of fused-ring (bicyclic) bond motifs is 1. The minimum Gasteiger partial charge on any atom is -0.385 e. The Balaban J connectivity index is 2.70. The van der Waals surface area contributed by atoms with Crippen molar-refractivity contribution in [3.05, 3.63) is 10.6 Å². The third kappa shape index (κ3) is 0.590. The first-order chi connectivity index (χ1) is 4.77. The van der Waals surface area contributed by atoms with Gasteiger partial charge in [0.15, 0.2) is 5.82 Å². The fraction of sp³-hybridized carbons (Fsp3) is 0.250. The Morgan fingerprint density at radius 2 is 2.50 bits per heavy atom. The van der Waals surface area contributed by atoms with E-state index in [1.807, 2.05) is 0 Å². The summed E-state index contributed by atoms with van der Waals surface area (Å²) in [5.41, 5.74) is 5.43. The SMILES string of the molecule is NC1=Nn2c(n[nH]c2=S)C1. The molecule has 3 N–H and O–H groups in total. The lowest BCUT2D eigenvalue weighted by molar-refractivity contribution is 0.846. The van der Waals surface area contributed by atoms with Gasteiger partial charge in [0, 0.05) is 0 Å². The van der Waals surface area contributed by atoms with Gasteiger partial charge in [0.2, 0.25) is 4.77 Å². The highest BCUT2D eigenvalue weighted by molar-refractivity contribution is 7.71. The fourth-order valence-electron chi connectivity index (χ4n) is 0.868. The van der Waals surface area contributed by atoms with Crippen molar-refractivity contribution in [3.8, 4) is 0 Å². The van der Waals surface area contributed by atoms with E-state index in [9.17, 15) is 0 Å². The largest absolute Gasteiger partial charge is 0.385 e. The molecule has 0 aromatic carbocycles. The van der Waals surface area contributed by atoms with Crippen LogP contribution in [0, 0.1) is 4.77 Å². The molecule has 1 aliphatic rings. The van der Waals surface area contributed by atoms with Crippen molar-refractivity contribution in [1.82, 2.24) is 14.9 Å². The molecule has 1 aromatic heterocycles. The number of hydrogen-bond donors (Lipinski definition) is 2. The van der Waals surface area contributed by atoms with Crippen molar-refractivity contribution >= 4 is 18.1 Å². The average molecular weight is 155 g/mol. The molecule has 0 spiro atoms. The van der Waals surface area contributed by atoms with Crippen LogP contribution in [0.15, 0.2) is 5.10 Å². The Morgan fingerprint density at radius 3 is 3.20 bits per heavy atom. The van der Waals surface area contributed by atoms with E-state index in [-0.39, 0.29) is 0 Å². The molecule has 6 heteroatoms. The third-order valence-corrected chi connectivity index (χ3v) is 1.55. The molecular weight excluding hydrogens is 150 g/mol. The fourth-order valence-corrected chi connectivity index (χ4v) is 1.06. The molecule has 0 saturated carbocycles. The smallest absolute Gasteiger partial charge is 0.216 e. The van der Waals surface area contributed by atoms with Gasteiger partial charge in [0.25, 0.3) is 0 Å². The standard InChI is InChI=1S/C4H5N5S/c5-2-1-3-6-7-4(10)9(3)8-2/h1H2,(H2,5,8)(H,7,10). The van der Waals surface area contributed by atoms with Crippen LogP contribution in [0.4, 0.5) is 0 Å². The van der Waals surface area contributed by atoms with Gasteiger partial charge in [0.1, 0.15) is 5.84 Å². The zero-order valence-corrected chi connectivity index (χ0v) is 5.85. The van der Waals surface area contributed by atoms with Gasteiger partial charge in [-0.25, -0.2) is 0 Å². The molecule has 10 heavy (non-hydrogen) atoms. The maximum Gasteiger partial charge on any atom is 0.216 e. The topological polar surface area (TPSA) is 72.0 Å². The predicted octanol–water partition coefficient (Wildman–Crippen LogP) is -0.383. The predicted molar refractivity (Wildman–Crippen MR) is 38.1 cm³/mol. The van der Waals surface area contributed by atoms with E-state index in [0.29, 0.717) is 17.0 Å². The molecule has 0 amide bonds. The van der Waals surface area contributed by atoms with Crippen LogP contribution in [0.5, 0.6) is 0 Å². The number of hydrogen-bond acceptors (Lipinski definition) is 4. The van der Waals surface area contributed by atoms with Gasteiger partial charge in [0.05, 0.1) is 6.42 Å². The van der Waals surface area contributed by atoms with Crippen LogP contribution < -0.4 is 5.73 Å². The number of rotatable bonds is 0. The van der Waals surface area contributed by atoms with Gasteiger partial charge in [-0.15, -0.1) is 0 Å². The van der Waals surface area contributed by atoms with Gasteiger partial charge in [-0.2, -0.15) is 14.9 Å². The zero-order valence-electron chi connectivity index (χ0n) is 5.03. The quantitative estimate of drug-likeness (QED) is 0.501. The number of aromatic amines is 1. The average Bonchev–Trinajstić information content (AvgIpc) is 2.35. The van der Waals surface area contributed by atoms with Crippen molar-refractivity contribution in [1.29, 1.82) is 0 Å². The van der Waals surface area contributed by atoms with Gasteiger partial charge in [-0.3, -0.25) is 5.10 Å². The molecule has 52 valence electrons. The number of amidine groups is 1. The van der Waals surface area contributed by atoms with Crippen molar-refractivity contribution < 1.29 is 0 Å². The Morgan fingerprint density at radius 1 is 1.70 bits per heavy atom. The molecule has 0 fully saturated rings.